The predicted molar refractivity (Wildman–Crippen MR) is 66.6 cm³/mol. The average molecular weight is 230 g/mol. The number of rotatable bonds is 5. The largest absolute Gasteiger partial charge is 0.444 e. The van der Waals surface area contributed by atoms with Crippen molar-refractivity contribution in [1.29, 1.82) is 0 Å². The number of ether oxygens (including phenoxy) is 1. The van der Waals surface area contributed by atoms with E-state index in [0.717, 1.165) is 6.42 Å². The van der Waals surface area contributed by atoms with E-state index in [1.165, 1.54) is 0 Å². The summed E-state index contributed by atoms with van der Waals surface area (Å²) in [5, 5.41) is 6.15. The van der Waals surface area contributed by atoms with Crippen molar-refractivity contribution in [2.24, 2.45) is 0 Å². The Kier molecular flexibility index (Phi) is 6.41. The van der Waals surface area contributed by atoms with E-state index in [1.54, 1.807) is 0 Å². The molecule has 1 unspecified atom stereocenters. The number of hydrogen-bond donors (Lipinski definition) is 2. The van der Waals surface area contributed by atoms with Crippen LogP contribution in [0.4, 0.5) is 4.79 Å². The van der Waals surface area contributed by atoms with Crippen molar-refractivity contribution in [3.05, 3.63) is 0 Å². The maximum atomic E-state index is 11.4. The van der Waals surface area contributed by atoms with E-state index >= 15 is 0 Å². The lowest BCUT2D eigenvalue weighted by Crippen LogP contribution is -2.44. The highest BCUT2D eigenvalue weighted by Crippen LogP contribution is 2.06. The molecule has 0 rings (SSSR count). The number of alkyl carbamates (subject to hydrolysis) is 1. The Hall–Kier alpha value is -0.770. The van der Waals surface area contributed by atoms with E-state index < -0.39 is 5.60 Å². The molecule has 2 N–H and O–H groups in total. The SMILES string of the molecule is CCC(CNC(=O)OC(C)(C)C)NC(C)C. The van der Waals surface area contributed by atoms with Gasteiger partial charge in [-0.15, -0.1) is 0 Å². The van der Waals surface area contributed by atoms with Gasteiger partial charge in [-0.1, -0.05) is 20.8 Å². The molecule has 0 saturated heterocycles. The summed E-state index contributed by atoms with van der Waals surface area (Å²) in [5.74, 6) is 0. The lowest BCUT2D eigenvalue weighted by Gasteiger charge is -2.23. The van der Waals surface area contributed by atoms with Gasteiger partial charge in [-0.25, -0.2) is 4.79 Å². The molecule has 0 radical (unpaired) electrons. The molecule has 4 nitrogen and oxygen atoms in total. The quantitative estimate of drug-likeness (QED) is 0.762. The third-order valence-corrected chi connectivity index (χ3v) is 1.95. The Morgan fingerprint density at radius 2 is 1.88 bits per heavy atom. The highest BCUT2D eigenvalue weighted by atomic mass is 16.6. The van der Waals surface area contributed by atoms with Crippen LogP contribution in [-0.4, -0.2) is 30.3 Å². The number of nitrogens with one attached hydrogen (secondary N) is 2. The van der Waals surface area contributed by atoms with Gasteiger partial charge in [-0.05, 0) is 27.2 Å². The lowest BCUT2D eigenvalue weighted by atomic mass is 10.2. The van der Waals surface area contributed by atoms with E-state index in [1.807, 2.05) is 20.8 Å². The van der Waals surface area contributed by atoms with Gasteiger partial charge in [0.25, 0.3) is 0 Å². The summed E-state index contributed by atoms with van der Waals surface area (Å²) in [5.41, 5.74) is -0.433. The molecule has 0 heterocycles. The topological polar surface area (TPSA) is 50.4 Å². The molecular formula is C12H26N2O2. The third kappa shape index (κ3) is 8.53. The molecule has 0 fully saturated rings. The highest BCUT2D eigenvalue weighted by Gasteiger charge is 2.17. The van der Waals surface area contributed by atoms with Gasteiger partial charge in [0.1, 0.15) is 5.60 Å². The smallest absolute Gasteiger partial charge is 0.407 e. The minimum Gasteiger partial charge on any atom is -0.444 e. The Balaban J connectivity index is 3.88. The van der Waals surface area contributed by atoms with E-state index in [9.17, 15) is 4.79 Å². The summed E-state index contributed by atoms with van der Waals surface area (Å²) in [7, 11) is 0. The summed E-state index contributed by atoms with van der Waals surface area (Å²) < 4.78 is 5.16. The summed E-state index contributed by atoms with van der Waals surface area (Å²) >= 11 is 0. The molecule has 0 saturated carbocycles. The van der Waals surface area contributed by atoms with Gasteiger partial charge in [0.15, 0.2) is 0 Å². The van der Waals surface area contributed by atoms with Crippen LogP contribution >= 0.6 is 0 Å². The Bertz CT molecular complexity index is 210. The number of amides is 1. The molecule has 4 heteroatoms. The molecule has 0 aliphatic heterocycles. The van der Waals surface area contributed by atoms with Gasteiger partial charge >= 0.3 is 6.09 Å². The van der Waals surface area contributed by atoms with Crippen LogP contribution < -0.4 is 10.6 Å². The van der Waals surface area contributed by atoms with Crippen LogP contribution in [-0.2, 0) is 4.74 Å². The van der Waals surface area contributed by atoms with Crippen molar-refractivity contribution in [3.63, 3.8) is 0 Å². The van der Waals surface area contributed by atoms with E-state index in [4.69, 9.17) is 4.74 Å². The first kappa shape index (κ1) is 15.2. The first-order valence-corrected chi connectivity index (χ1v) is 5.97. The van der Waals surface area contributed by atoms with Crippen LogP contribution in [0.5, 0.6) is 0 Å². The number of carbonyl (C=O) groups excluding carboxylic acids is 1. The monoisotopic (exact) mass is 230 g/mol. The highest BCUT2D eigenvalue weighted by molar-refractivity contribution is 5.67. The molecule has 96 valence electrons. The fourth-order valence-corrected chi connectivity index (χ4v) is 1.31. The molecule has 0 aromatic heterocycles. The van der Waals surface area contributed by atoms with Crippen molar-refractivity contribution < 1.29 is 9.53 Å². The zero-order chi connectivity index (χ0) is 12.8. The molecule has 16 heavy (non-hydrogen) atoms. The Morgan fingerprint density at radius 1 is 1.31 bits per heavy atom. The van der Waals surface area contributed by atoms with Crippen molar-refractivity contribution in [3.8, 4) is 0 Å². The second-order valence-electron chi connectivity index (χ2n) is 5.31. The molecule has 1 atom stereocenters. The van der Waals surface area contributed by atoms with E-state index in [0.29, 0.717) is 18.6 Å². The third-order valence-electron chi connectivity index (χ3n) is 1.95. The second-order valence-corrected chi connectivity index (χ2v) is 5.31. The zero-order valence-corrected chi connectivity index (χ0v) is 11.4. The minimum absolute atomic E-state index is 0.299. The van der Waals surface area contributed by atoms with Crippen LogP contribution in [0.3, 0.4) is 0 Å². The molecule has 1 amide bonds. The van der Waals surface area contributed by atoms with Gasteiger partial charge in [0, 0.05) is 18.6 Å². The van der Waals surface area contributed by atoms with Gasteiger partial charge in [-0.2, -0.15) is 0 Å². The number of hydrogen-bond acceptors (Lipinski definition) is 3. The van der Waals surface area contributed by atoms with Crippen LogP contribution in [0.2, 0.25) is 0 Å². The number of carbonyl (C=O) groups is 1. The van der Waals surface area contributed by atoms with Crippen molar-refractivity contribution in [2.45, 2.75) is 65.6 Å². The molecular weight excluding hydrogens is 204 g/mol. The molecule has 0 aliphatic rings. The van der Waals surface area contributed by atoms with E-state index in [2.05, 4.69) is 31.4 Å². The molecule has 0 aliphatic carbocycles. The van der Waals surface area contributed by atoms with Gasteiger partial charge in [-0.3, -0.25) is 0 Å². The fraction of sp³-hybridized carbons (Fsp3) is 0.917. The Morgan fingerprint density at radius 3 is 2.25 bits per heavy atom. The predicted octanol–water partition coefficient (Wildman–Crippen LogP) is 2.29. The average Bonchev–Trinajstić information content (AvgIpc) is 2.08. The van der Waals surface area contributed by atoms with Crippen molar-refractivity contribution in [2.75, 3.05) is 6.54 Å². The zero-order valence-electron chi connectivity index (χ0n) is 11.4. The van der Waals surface area contributed by atoms with Crippen LogP contribution in [0.1, 0.15) is 48.0 Å². The molecule has 0 spiro atoms. The first-order valence-electron chi connectivity index (χ1n) is 5.97. The molecule has 0 aromatic carbocycles. The van der Waals surface area contributed by atoms with Gasteiger partial charge in [0.05, 0.1) is 0 Å². The second kappa shape index (κ2) is 6.74. The maximum Gasteiger partial charge on any atom is 0.407 e. The van der Waals surface area contributed by atoms with Crippen molar-refractivity contribution in [1.82, 2.24) is 10.6 Å². The normalized spacial score (nSPS) is 13.7. The minimum atomic E-state index is -0.433. The van der Waals surface area contributed by atoms with Crippen molar-refractivity contribution >= 4 is 6.09 Å². The lowest BCUT2D eigenvalue weighted by molar-refractivity contribution is 0.0521. The van der Waals surface area contributed by atoms with Crippen LogP contribution in [0.25, 0.3) is 0 Å². The summed E-state index contributed by atoms with van der Waals surface area (Å²) in [6.45, 7) is 12.5. The van der Waals surface area contributed by atoms with E-state index in [-0.39, 0.29) is 6.09 Å². The van der Waals surface area contributed by atoms with Gasteiger partial charge in [0.2, 0.25) is 0 Å². The molecule has 0 bridgehead atoms. The van der Waals surface area contributed by atoms with Crippen LogP contribution in [0.15, 0.2) is 0 Å². The summed E-state index contributed by atoms with van der Waals surface area (Å²) in [6.07, 6.45) is 0.630. The summed E-state index contributed by atoms with van der Waals surface area (Å²) in [4.78, 5) is 11.4. The summed E-state index contributed by atoms with van der Waals surface area (Å²) in [6, 6.07) is 0.720. The Labute approximate surface area is 99.1 Å². The maximum absolute atomic E-state index is 11.4. The standard InChI is InChI=1S/C12H26N2O2/c1-7-10(14-9(2)3)8-13-11(15)16-12(4,5)6/h9-10,14H,7-8H2,1-6H3,(H,13,15). The van der Waals surface area contributed by atoms with Crippen LogP contribution in [0, 0.1) is 0 Å². The molecule has 0 aromatic rings. The fourth-order valence-electron chi connectivity index (χ4n) is 1.31. The first-order chi connectivity index (χ1) is 7.24. The van der Waals surface area contributed by atoms with Gasteiger partial charge < -0.3 is 15.4 Å².